The summed E-state index contributed by atoms with van der Waals surface area (Å²) in [5, 5.41) is 6.09. The first-order valence-electron chi connectivity index (χ1n) is 9.28. The number of hydrogen-bond donors (Lipinski definition) is 2. The van der Waals surface area contributed by atoms with E-state index in [0.29, 0.717) is 31.0 Å². The number of rotatable bonds is 9. The zero-order chi connectivity index (χ0) is 20.5. The number of benzene rings is 2. The molecule has 0 saturated carbocycles. The third-order valence-electron chi connectivity index (χ3n) is 4.40. The highest BCUT2D eigenvalue weighted by Crippen LogP contribution is 2.17. The monoisotopic (exact) mass is 392 g/mol. The van der Waals surface area contributed by atoms with Crippen molar-refractivity contribution in [3.05, 3.63) is 77.7 Å². The molecule has 7 heteroatoms. The third kappa shape index (κ3) is 5.68. The summed E-state index contributed by atoms with van der Waals surface area (Å²) in [6.07, 6.45) is 2.05. The van der Waals surface area contributed by atoms with Crippen LogP contribution in [0.5, 0.6) is 11.5 Å². The van der Waals surface area contributed by atoms with Gasteiger partial charge in [-0.25, -0.2) is 9.97 Å². The molecule has 29 heavy (non-hydrogen) atoms. The summed E-state index contributed by atoms with van der Waals surface area (Å²) < 4.78 is 10.5. The van der Waals surface area contributed by atoms with E-state index in [2.05, 4.69) is 20.6 Å². The molecule has 150 valence electrons. The molecule has 2 aromatic carbocycles. The Morgan fingerprint density at radius 1 is 1.00 bits per heavy atom. The van der Waals surface area contributed by atoms with Gasteiger partial charge in [-0.05, 0) is 35.7 Å². The first kappa shape index (κ1) is 20.1. The van der Waals surface area contributed by atoms with Crippen LogP contribution in [0.15, 0.2) is 60.9 Å². The van der Waals surface area contributed by atoms with Crippen LogP contribution in [0.1, 0.15) is 21.6 Å². The van der Waals surface area contributed by atoms with Crippen molar-refractivity contribution < 1.29 is 14.3 Å². The van der Waals surface area contributed by atoms with Gasteiger partial charge in [0.05, 0.1) is 14.2 Å². The van der Waals surface area contributed by atoms with Gasteiger partial charge in [0.25, 0.3) is 5.91 Å². The Bertz CT molecular complexity index is 945. The van der Waals surface area contributed by atoms with Gasteiger partial charge in [0.15, 0.2) is 0 Å². The van der Waals surface area contributed by atoms with Crippen molar-refractivity contribution in [2.75, 3.05) is 26.1 Å². The number of aromatic nitrogens is 2. The molecule has 0 saturated heterocycles. The smallest absolute Gasteiger partial charge is 0.270 e. The quantitative estimate of drug-likeness (QED) is 0.582. The molecular formula is C22H24N4O3. The number of nitrogens with zero attached hydrogens (tertiary/aromatic N) is 2. The Kier molecular flexibility index (Phi) is 7.00. The fourth-order valence-electron chi connectivity index (χ4n) is 2.82. The number of anilines is 1. The second kappa shape index (κ2) is 10.1. The average Bonchev–Trinajstić information content (AvgIpc) is 2.78. The highest BCUT2D eigenvalue weighted by molar-refractivity contribution is 5.92. The molecule has 2 N–H and O–H groups in total. The number of methoxy groups -OCH3 is 2. The van der Waals surface area contributed by atoms with Gasteiger partial charge < -0.3 is 20.1 Å². The Hall–Kier alpha value is -3.61. The molecule has 1 heterocycles. The first-order valence-corrected chi connectivity index (χ1v) is 9.28. The van der Waals surface area contributed by atoms with E-state index in [9.17, 15) is 4.79 Å². The molecule has 0 fully saturated rings. The Morgan fingerprint density at radius 2 is 1.79 bits per heavy atom. The summed E-state index contributed by atoms with van der Waals surface area (Å²) >= 11 is 0. The van der Waals surface area contributed by atoms with Crippen LogP contribution in [-0.2, 0) is 13.0 Å². The van der Waals surface area contributed by atoms with Crippen molar-refractivity contribution in [3.8, 4) is 11.5 Å². The molecule has 7 nitrogen and oxygen atoms in total. The van der Waals surface area contributed by atoms with E-state index >= 15 is 0 Å². The van der Waals surface area contributed by atoms with Gasteiger partial charge in [0.1, 0.15) is 29.3 Å². The number of carbonyl (C=O) groups excluding carboxylic acids is 1. The van der Waals surface area contributed by atoms with Crippen molar-refractivity contribution in [1.29, 1.82) is 0 Å². The molecule has 3 aromatic rings. The number of ether oxygens (including phenoxy) is 2. The molecule has 0 atom stereocenters. The first-order chi connectivity index (χ1) is 14.2. The molecule has 0 aliphatic rings. The molecule has 0 spiro atoms. The fourth-order valence-corrected chi connectivity index (χ4v) is 2.82. The zero-order valence-corrected chi connectivity index (χ0v) is 16.5. The van der Waals surface area contributed by atoms with Crippen LogP contribution in [0, 0.1) is 0 Å². The van der Waals surface area contributed by atoms with Gasteiger partial charge in [0, 0.05) is 19.2 Å². The molecular weight excluding hydrogens is 368 g/mol. The SMILES string of the molecule is COc1ccc(CNc2cc(C(=O)NCCc3ccccc3OC)ncn2)cc1. The standard InChI is InChI=1S/C22H24N4O3/c1-28-18-9-7-16(8-10-18)14-24-21-13-19(25-15-26-21)22(27)23-12-11-17-5-3-4-6-20(17)29-2/h3-10,13,15H,11-12,14H2,1-2H3,(H,23,27)(H,24,25,26). The van der Waals surface area contributed by atoms with Gasteiger partial charge in [0.2, 0.25) is 0 Å². The Labute approximate surface area is 170 Å². The zero-order valence-electron chi connectivity index (χ0n) is 16.5. The highest BCUT2D eigenvalue weighted by atomic mass is 16.5. The highest BCUT2D eigenvalue weighted by Gasteiger charge is 2.09. The average molecular weight is 392 g/mol. The maximum Gasteiger partial charge on any atom is 0.270 e. The van der Waals surface area contributed by atoms with E-state index in [1.54, 1.807) is 20.3 Å². The van der Waals surface area contributed by atoms with E-state index in [0.717, 1.165) is 22.6 Å². The number of nitrogens with one attached hydrogen (secondary N) is 2. The van der Waals surface area contributed by atoms with Crippen LogP contribution in [0.2, 0.25) is 0 Å². The van der Waals surface area contributed by atoms with E-state index < -0.39 is 0 Å². The number of carbonyl (C=O) groups is 1. The lowest BCUT2D eigenvalue weighted by molar-refractivity contribution is 0.0949. The van der Waals surface area contributed by atoms with Gasteiger partial charge in [-0.1, -0.05) is 30.3 Å². The van der Waals surface area contributed by atoms with Gasteiger partial charge in [-0.3, -0.25) is 4.79 Å². The number of amides is 1. The van der Waals surface area contributed by atoms with E-state index in [-0.39, 0.29) is 5.91 Å². The Morgan fingerprint density at radius 3 is 2.55 bits per heavy atom. The predicted octanol–water partition coefficient (Wildman–Crippen LogP) is 3.08. The van der Waals surface area contributed by atoms with Crippen molar-refractivity contribution in [2.24, 2.45) is 0 Å². The van der Waals surface area contributed by atoms with Crippen LogP contribution in [0.3, 0.4) is 0 Å². The lowest BCUT2D eigenvalue weighted by atomic mass is 10.1. The topological polar surface area (TPSA) is 85.4 Å². The lowest BCUT2D eigenvalue weighted by Gasteiger charge is -2.10. The second-order valence-electron chi connectivity index (χ2n) is 6.31. The van der Waals surface area contributed by atoms with Gasteiger partial charge in [-0.2, -0.15) is 0 Å². The molecule has 3 rings (SSSR count). The molecule has 0 radical (unpaired) electrons. The van der Waals surface area contributed by atoms with Gasteiger partial charge >= 0.3 is 0 Å². The summed E-state index contributed by atoms with van der Waals surface area (Å²) in [7, 11) is 3.27. The van der Waals surface area contributed by atoms with Gasteiger partial charge in [-0.15, -0.1) is 0 Å². The summed E-state index contributed by atoms with van der Waals surface area (Å²) in [5.74, 6) is 1.97. The molecule has 0 unspecified atom stereocenters. The summed E-state index contributed by atoms with van der Waals surface area (Å²) in [6, 6.07) is 17.1. The third-order valence-corrected chi connectivity index (χ3v) is 4.40. The maximum atomic E-state index is 12.4. The van der Waals surface area contributed by atoms with E-state index in [4.69, 9.17) is 9.47 Å². The van der Waals surface area contributed by atoms with Crippen molar-refractivity contribution in [1.82, 2.24) is 15.3 Å². The normalized spacial score (nSPS) is 10.3. The van der Waals surface area contributed by atoms with E-state index in [1.807, 2.05) is 48.5 Å². The van der Waals surface area contributed by atoms with E-state index in [1.165, 1.54) is 6.33 Å². The second-order valence-corrected chi connectivity index (χ2v) is 6.31. The molecule has 0 aliphatic heterocycles. The fraction of sp³-hybridized carbons (Fsp3) is 0.227. The largest absolute Gasteiger partial charge is 0.497 e. The van der Waals surface area contributed by atoms with Crippen molar-refractivity contribution in [2.45, 2.75) is 13.0 Å². The van der Waals surface area contributed by atoms with Crippen molar-refractivity contribution in [3.63, 3.8) is 0 Å². The van der Waals surface area contributed by atoms with Crippen LogP contribution in [0.25, 0.3) is 0 Å². The lowest BCUT2D eigenvalue weighted by Crippen LogP contribution is -2.26. The number of hydrogen-bond acceptors (Lipinski definition) is 6. The summed E-state index contributed by atoms with van der Waals surface area (Å²) in [4.78, 5) is 20.7. The maximum absolute atomic E-state index is 12.4. The summed E-state index contributed by atoms with van der Waals surface area (Å²) in [6.45, 7) is 1.06. The van der Waals surface area contributed by atoms with Crippen LogP contribution in [-0.4, -0.2) is 36.6 Å². The van der Waals surface area contributed by atoms with Crippen LogP contribution in [0.4, 0.5) is 5.82 Å². The Balaban J connectivity index is 1.53. The minimum absolute atomic E-state index is 0.241. The summed E-state index contributed by atoms with van der Waals surface area (Å²) in [5.41, 5.74) is 2.43. The molecule has 0 aliphatic carbocycles. The molecule has 1 aromatic heterocycles. The van der Waals surface area contributed by atoms with Crippen molar-refractivity contribution >= 4 is 11.7 Å². The van der Waals surface area contributed by atoms with Crippen LogP contribution >= 0.6 is 0 Å². The minimum Gasteiger partial charge on any atom is -0.497 e. The number of para-hydroxylation sites is 1. The minimum atomic E-state index is -0.241. The molecule has 1 amide bonds. The van der Waals surface area contributed by atoms with Crippen LogP contribution < -0.4 is 20.1 Å². The molecule has 0 bridgehead atoms. The predicted molar refractivity (Wildman–Crippen MR) is 111 cm³/mol.